The van der Waals surface area contributed by atoms with E-state index in [1.807, 2.05) is 32.5 Å². The lowest BCUT2D eigenvalue weighted by Crippen LogP contribution is -2.35. The molecule has 4 heteroatoms. The lowest BCUT2D eigenvalue weighted by molar-refractivity contribution is 0.307. The average molecular weight is 205 g/mol. The highest BCUT2D eigenvalue weighted by Crippen LogP contribution is 2.15. The fraction of sp³-hybridized carbons (Fsp3) is 0.455. The Morgan fingerprint density at radius 2 is 2.00 bits per heavy atom. The molecule has 0 radical (unpaired) electrons. The minimum Gasteiger partial charge on any atom is -0.283 e. The van der Waals surface area contributed by atoms with E-state index in [1.165, 1.54) is 0 Å². The molecular weight excluding hydrogens is 190 g/mol. The average Bonchev–Trinajstić information content (AvgIpc) is 2.39. The van der Waals surface area contributed by atoms with Crippen LogP contribution >= 0.6 is 0 Å². The van der Waals surface area contributed by atoms with Gasteiger partial charge in [-0.3, -0.25) is 14.5 Å². The van der Waals surface area contributed by atoms with Crippen molar-refractivity contribution in [3.8, 4) is 0 Å². The molecule has 80 valence electrons. The predicted molar refractivity (Wildman–Crippen MR) is 60.0 cm³/mol. The van der Waals surface area contributed by atoms with E-state index in [9.17, 15) is 4.79 Å². The van der Waals surface area contributed by atoms with Crippen molar-refractivity contribution in [3.05, 3.63) is 28.8 Å². The molecule has 2 rings (SSSR count). The fourth-order valence-electron chi connectivity index (χ4n) is 1.94. The van der Waals surface area contributed by atoms with Gasteiger partial charge in [0, 0.05) is 13.2 Å². The molecule has 0 aliphatic rings. The summed E-state index contributed by atoms with van der Waals surface area (Å²) in [5.41, 5.74) is 0.699. The van der Waals surface area contributed by atoms with Crippen LogP contribution in [0.5, 0.6) is 0 Å². The molecule has 2 aromatic heterocycles. The van der Waals surface area contributed by atoms with Crippen molar-refractivity contribution < 1.29 is 0 Å². The SMILES string of the molecule is Cn1c2cnccc2c(=O)n1C(C)(C)C. The van der Waals surface area contributed by atoms with Gasteiger partial charge in [0.25, 0.3) is 5.56 Å². The molecule has 0 amide bonds. The summed E-state index contributed by atoms with van der Waals surface area (Å²) < 4.78 is 3.62. The summed E-state index contributed by atoms with van der Waals surface area (Å²) in [6.45, 7) is 6.04. The molecule has 0 saturated heterocycles. The molecule has 4 nitrogen and oxygen atoms in total. The van der Waals surface area contributed by atoms with Gasteiger partial charge in [-0.2, -0.15) is 0 Å². The Bertz CT molecular complexity index is 557. The largest absolute Gasteiger partial charge is 0.283 e. The van der Waals surface area contributed by atoms with Gasteiger partial charge >= 0.3 is 0 Å². The topological polar surface area (TPSA) is 39.8 Å². The molecule has 0 bridgehead atoms. The summed E-state index contributed by atoms with van der Waals surface area (Å²) in [7, 11) is 1.89. The molecule has 0 fully saturated rings. The van der Waals surface area contributed by atoms with Crippen LogP contribution in [-0.2, 0) is 12.6 Å². The van der Waals surface area contributed by atoms with E-state index in [0.717, 1.165) is 10.9 Å². The molecular formula is C11H15N3O. The van der Waals surface area contributed by atoms with Crippen LogP contribution in [0, 0.1) is 0 Å². The number of nitrogens with zero attached hydrogens (tertiary/aromatic N) is 3. The molecule has 0 N–H and O–H groups in total. The van der Waals surface area contributed by atoms with E-state index in [-0.39, 0.29) is 11.1 Å². The molecule has 0 unspecified atom stereocenters. The number of aryl methyl sites for hydroxylation is 1. The molecule has 15 heavy (non-hydrogen) atoms. The Hall–Kier alpha value is -1.58. The first kappa shape index (κ1) is 9.96. The number of rotatable bonds is 0. The maximum absolute atomic E-state index is 12.1. The minimum atomic E-state index is -0.217. The molecule has 0 aromatic carbocycles. The maximum atomic E-state index is 12.1. The van der Waals surface area contributed by atoms with Gasteiger partial charge in [-0.1, -0.05) is 0 Å². The van der Waals surface area contributed by atoms with Crippen molar-refractivity contribution in [1.82, 2.24) is 14.3 Å². The Morgan fingerprint density at radius 3 is 2.53 bits per heavy atom. The van der Waals surface area contributed by atoms with Gasteiger partial charge in [0.2, 0.25) is 0 Å². The predicted octanol–water partition coefficient (Wildman–Crippen LogP) is 1.49. The van der Waals surface area contributed by atoms with Crippen molar-refractivity contribution in [1.29, 1.82) is 0 Å². The lowest BCUT2D eigenvalue weighted by atomic mass is 10.1. The van der Waals surface area contributed by atoms with Gasteiger partial charge in [-0.05, 0) is 26.8 Å². The van der Waals surface area contributed by atoms with E-state index < -0.39 is 0 Å². The van der Waals surface area contributed by atoms with Gasteiger partial charge in [-0.15, -0.1) is 0 Å². The second kappa shape index (κ2) is 2.95. The first-order valence-electron chi connectivity index (χ1n) is 4.95. The normalized spacial score (nSPS) is 12.3. The molecule has 0 saturated carbocycles. The van der Waals surface area contributed by atoms with Crippen molar-refractivity contribution in [2.45, 2.75) is 26.3 Å². The minimum absolute atomic E-state index is 0.0439. The highest BCUT2D eigenvalue weighted by molar-refractivity contribution is 5.77. The summed E-state index contributed by atoms with van der Waals surface area (Å²) in [6.07, 6.45) is 3.37. The third-order valence-corrected chi connectivity index (χ3v) is 2.51. The second-order valence-corrected chi connectivity index (χ2v) is 4.70. The Balaban J connectivity index is 2.94. The summed E-state index contributed by atoms with van der Waals surface area (Å²) in [5, 5.41) is 0.724. The highest BCUT2D eigenvalue weighted by Gasteiger charge is 2.20. The van der Waals surface area contributed by atoms with Gasteiger partial charge in [-0.25, -0.2) is 4.68 Å². The number of aromatic nitrogens is 3. The zero-order valence-corrected chi connectivity index (χ0v) is 9.48. The van der Waals surface area contributed by atoms with E-state index in [1.54, 1.807) is 23.1 Å². The van der Waals surface area contributed by atoms with Crippen LogP contribution in [0.2, 0.25) is 0 Å². The number of hydrogen-bond acceptors (Lipinski definition) is 2. The molecule has 2 heterocycles. The van der Waals surface area contributed by atoms with Crippen molar-refractivity contribution in [3.63, 3.8) is 0 Å². The number of pyridine rings is 1. The molecule has 0 aliphatic carbocycles. The van der Waals surface area contributed by atoms with Crippen molar-refractivity contribution >= 4 is 10.9 Å². The second-order valence-electron chi connectivity index (χ2n) is 4.70. The van der Waals surface area contributed by atoms with E-state index in [0.29, 0.717) is 0 Å². The van der Waals surface area contributed by atoms with Crippen LogP contribution in [0.15, 0.2) is 23.3 Å². The lowest BCUT2D eigenvalue weighted by Gasteiger charge is -2.22. The van der Waals surface area contributed by atoms with Gasteiger partial charge < -0.3 is 0 Å². The van der Waals surface area contributed by atoms with Crippen LogP contribution in [0.4, 0.5) is 0 Å². The van der Waals surface area contributed by atoms with Crippen LogP contribution in [0.25, 0.3) is 10.9 Å². The summed E-state index contributed by atoms with van der Waals surface area (Å²) >= 11 is 0. The first-order chi connectivity index (χ1) is 6.93. The fourth-order valence-corrected chi connectivity index (χ4v) is 1.94. The molecule has 0 atom stereocenters. The quantitative estimate of drug-likeness (QED) is 0.653. The van der Waals surface area contributed by atoms with Crippen molar-refractivity contribution in [2.24, 2.45) is 7.05 Å². The molecule has 0 aliphatic heterocycles. The Labute approximate surface area is 88.1 Å². The Morgan fingerprint density at radius 1 is 1.33 bits per heavy atom. The molecule has 0 spiro atoms. The standard InChI is InChI=1S/C11H15N3O/c1-11(2,3)14-10(15)8-5-6-12-7-9(8)13(14)4/h5-7H,1-4H3. The first-order valence-corrected chi connectivity index (χ1v) is 4.95. The highest BCUT2D eigenvalue weighted by atomic mass is 16.1. The Kier molecular flexibility index (Phi) is 1.96. The smallest absolute Gasteiger partial charge is 0.275 e. The summed E-state index contributed by atoms with van der Waals surface area (Å²) in [6, 6.07) is 1.76. The zero-order valence-electron chi connectivity index (χ0n) is 9.48. The van der Waals surface area contributed by atoms with E-state index in [4.69, 9.17) is 0 Å². The number of fused-ring (bicyclic) bond motifs is 1. The van der Waals surface area contributed by atoms with Gasteiger partial charge in [0.1, 0.15) is 0 Å². The summed E-state index contributed by atoms with van der Waals surface area (Å²) in [4.78, 5) is 16.1. The van der Waals surface area contributed by atoms with Crippen LogP contribution in [-0.4, -0.2) is 14.3 Å². The van der Waals surface area contributed by atoms with Crippen molar-refractivity contribution in [2.75, 3.05) is 0 Å². The summed E-state index contributed by atoms with van der Waals surface area (Å²) in [5.74, 6) is 0. The van der Waals surface area contributed by atoms with E-state index >= 15 is 0 Å². The third kappa shape index (κ3) is 1.37. The van der Waals surface area contributed by atoms with Gasteiger partial charge in [0.05, 0.1) is 22.6 Å². The zero-order chi connectivity index (χ0) is 11.2. The van der Waals surface area contributed by atoms with Crippen LogP contribution in [0.3, 0.4) is 0 Å². The third-order valence-electron chi connectivity index (χ3n) is 2.51. The van der Waals surface area contributed by atoms with Crippen LogP contribution < -0.4 is 5.56 Å². The maximum Gasteiger partial charge on any atom is 0.275 e. The monoisotopic (exact) mass is 205 g/mol. The number of hydrogen-bond donors (Lipinski definition) is 0. The van der Waals surface area contributed by atoms with Crippen LogP contribution in [0.1, 0.15) is 20.8 Å². The molecule has 2 aromatic rings. The van der Waals surface area contributed by atoms with E-state index in [2.05, 4.69) is 4.98 Å². The van der Waals surface area contributed by atoms with Gasteiger partial charge in [0.15, 0.2) is 0 Å².